The summed E-state index contributed by atoms with van der Waals surface area (Å²) in [6.45, 7) is 15.4. The molecule has 0 aromatic heterocycles. The van der Waals surface area contributed by atoms with Crippen molar-refractivity contribution in [2.24, 2.45) is 0 Å². The van der Waals surface area contributed by atoms with Gasteiger partial charge in [0.2, 0.25) is 5.91 Å². The van der Waals surface area contributed by atoms with Crippen molar-refractivity contribution >= 4 is 20.2 Å². The summed E-state index contributed by atoms with van der Waals surface area (Å²) >= 11 is 0. The zero-order valence-electron chi connectivity index (χ0n) is 21.3. The lowest BCUT2D eigenvalue weighted by Gasteiger charge is -2.38. The van der Waals surface area contributed by atoms with Crippen LogP contribution >= 0.6 is 0 Å². The van der Waals surface area contributed by atoms with E-state index in [4.69, 9.17) is 9.16 Å². The van der Waals surface area contributed by atoms with Crippen LogP contribution in [0, 0.1) is 0 Å². The van der Waals surface area contributed by atoms with Crippen LogP contribution in [0.25, 0.3) is 0 Å². The van der Waals surface area contributed by atoms with Crippen LogP contribution in [0.4, 0.5) is 0 Å². The number of ether oxygens (including phenoxy) is 1. The van der Waals surface area contributed by atoms with Gasteiger partial charge in [0.05, 0.1) is 18.2 Å². The van der Waals surface area contributed by atoms with Crippen molar-refractivity contribution in [2.75, 3.05) is 26.2 Å². The van der Waals surface area contributed by atoms with Crippen LogP contribution in [-0.4, -0.2) is 62.6 Å². The molecule has 184 valence electrons. The number of nitrogens with zero attached hydrogens (tertiary/aromatic N) is 2. The van der Waals surface area contributed by atoms with Gasteiger partial charge in [0.1, 0.15) is 6.61 Å². The molecule has 1 unspecified atom stereocenters. The van der Waals surface area contributed by atoms with Crippen LogP contribution < -0.4 is 0 Å². The molecule has 0 aliphatic carbocycles. The van der Waals surface area contributed by atoms with E-state index in [9.17, 15) is 9.59 Å². The number of amides is 1. The average Bonchev–Trinajstić information content (AvgIpc) is 3.11. The Morgan fingerprint density at radius 3 is 2.55 bits per heavy atom. The van der Waals surface area contributed by atoms with Crippen molar-refractivity contribution in [1.82, 2.24) is 10.0 Å². The van der Waals surface area contributed by atoms with E-state index < -0.39 is 8.32 Å². The minimum absolute atomic E-state index is 0.0687. The Morgan fingerprint density at radius 1 is 1.21 bits per heavy atom. The highest BCUT2D eigenvalue weighted by atomic mass is 28.4. The van der Waals surface area contributed by atoms with E-state index in [0.29, 0.717) is 31.6 Å². The average molecular weight is 475 g/mol. The fourth-order valence-corrected chi connectivity index (χ4v) is 4.77. The van der Waals surface area contributed by atoms with Crippen LogP contribution in [0.3, 0.4) is 0 Å². The van der Waals surface area contributed by atoms with E-state index >= 15 is 0 Å². The number of carbonyl (C=O) groups excluding carboxylic acids is 2. The Labute approximate surface area is 201 Å². The predicted octanol–water partition coefficient (Wildman–Crippen LogP) is 5.43. The van der Waals surface area contributed by atoms with Crippen LogP contribution in [-0.2, 0) is 14.0 Å². The minimum Gasteiger partial charge on any atom is -0.460 e. The van der Waals surface area contributed by atoms with Crippen molar-refractivity contribution in [3.05, 3.63) is 48.0 Å². The number of hydrazine groups is 1. The molecule has 0 radical (unpaired) electrons. The van der Waals surface area contributed by atoms with Crippen molar-refractivity contribution in [1.29, 1.82) is 0 Å². The molecule has 0 spiro atoms. The standard InChI is InChI=1S/C26H42N2O4Si/c1-7-8-15-23(32-33(5,6)26(2,3)4)16-12-18-27-19-17-24(29)28(27)20-21-31-25(30)22-13-10-9-11-14-22/h9-14,16,23H,7-8,15,17-21H2,1-6H3. The van der Waals surface area contributed by atoms with E-state index in [1.807, 2.05) is 11.1 Å². The molecule has 1 fully saturated rings. The highest BCUT2D eigenvalue weighted by molar-refractivity contribution is 6.74. The summed E-state index contributed by atoms with van der Waals surface area (Å²) in [4.78, 5) is 24.5. The SMILES string of the molecule is CCCCC(C=CCN1CCC(=O)N1CCOC(=O)c1ccccc1)O[Si](C)(C)C(C)(C)C. The van der Waals surface area contributed by atoms with Crippen LogP contribution in [0.2, 0.25) is 18.1 Å². The molecule has 1 atom stereocenters. The Hall–Kier alpha value is -1.96. The monoisotopic (exact) mass is 474 g/mol. The third-order valence-electron chi connectivity index (χ3n) is 6.52. The number of rotatable bonds is 12. The number of hydrogen-bond acceptors (Lipinski definition) is 5. The molecule has 0 N–H and O–H groups in total. The second-order valence-electron chi connectivity index (χ2n) is 10.2. The van der Waals surface area contributed by atoms with E-state index in [-0.39, 0.29) is 29.6 Å². The molecule has 7 heteroatoms. The van der Waals surface area contributed by atoms with Gasteiger partial charge in [0.15, 0.2) is 8.32 Å². The number of benzene rings is 1. The van der Waals surface area contributed by atoms with Crippen molar-refractivity contribution in [3.63, 3.8) is 0 Å². The lowest BCUT2D eigenvalue weighted by molar-refractivity contribution is -0.138. The quantitative estimate of drug-likeness (QED) is 0.230. The van der Waals surface area contributed by atoms with Gasteiger partial charge in [-0.25, -0.2) is 9.80 Å². The summed E-state index contributed by atoms with van der Waals surface area (Å²) in [7, 11) is -1.86. The van der Waals surface area contributed by atoms with E-state index in [0.717, 1.165) is 19.3 Å². The maximum atomic E-state index is 12.4. The Morgan fingerprint density at radius 2 is 1.91 bits per heavy atom. The summed E-state index contributed by atoms with van der Waals surface area (Å²) in [5.41, 5.74) is 0.518. The first-order valence-corrected chi connectivity index (χ1v) is 15.1. The van der Waals surface area contributed by atoms with Gasteiger partial charge in [-0.2, -0.15) is 0 Å². The maximum absolute atomic E-state index is 12.4. The lowest BCUT2D eigenvalue weighted by Crippen LogP contribution is -2.43. The molecule has 1 aromatic carbocycles. The molecule has 0 saturated carbocycles. The highest BCUT2D eigenvalue weighted by Crippen LogP contribution is 2.38. The van der Waals surface area contributed by atoms with Crippen molar-refractivity contribution in [2.45, 2.75) is 77.6 Å². The van der Waals surface area contributed by atoms with Gasteiger partial charge in [-0.05, 0) is 36.7 Å². The van der Waals surface area contributed by atoms with Crippen LogP contribution in [0.15, 0.2) is 42.5 Å². The van der Waals surface area contributed by atoms with E-state index in [1.165, 1.54) is 0 Å². The molecule has 0 bridgehead atoms. The fraction of sp³-hybridized carbons (Fsp3) is 0.615. The summed E-state index contributed by atoms with van der Waals surface area (Å²) < 4.78 is 12.0. The minimum atomic E-state index is -1.86. The first-order valence-electron chi connectivity index (χ1n) is 12.2. The second-order valence-corrected chi connectivity index (χ2v) is 14.9. The summed E-state index contributed by atoms with van der Waals surface area (Å²) in [6.07, 6.45) is 8.16. The first-order chi connectivity index (χ1) is 15.5. The van der Waals surface area contributed by atoms with Crippen LogP contribution in [0.1, 0.15) is 63.7 Å². The first kappa shape index (κ1) is 27.3. The smallest absolute Gasteiger partial charge is 0.338 e. The van der Waals surface area contributed by atoms with Gasteiger partial charge >= 0.3 is 5.97 Å². The van der Waals surface area contributed by atoms with Gasteiger partial charge in [-0.1, -0.05) is 70.9 Å². The third-order valence-corrected chi connectivity index (χ3v) is 11.0. The molecule has 1 aliphatic rings. The second kappa shape index (κ2) is 12.5. The largest absolute Gasteiger partial charge is 0.460 e. The van der Waals surface area contributed by atoms with Gasteiger partial charge in [0, 0.05) is 19.5 Å². The van der Waals surface area contributed by atoms with Gasteiger partial charge in [-0.15, -0.1) is 0 Å². The van der Waals surface area contributed by atoms with Crippen molar-refractivity contribution < 1.29 is 18.8 Å². The molecular formula is C26H42N2O4Si. The zero-order chi connectivity index (χ0) is 24.5. The Balaban J connectivity index is 1.90. The Kier molecular flexibility index (Phi) is 10.3. The van der Waals surface area contributed by atoms with Gasteiger partial charge in [0.25, 0.3) is 0 Å². The molecule has 6 nitrogen and oxygen atoms in total. The number of hydrogen-bond donors (Lipinski definition) is 0. The molecule has 1 saturated heterocycles. The number of carbonyl (C=O) groups is 2. The number of unbranched alkanes of at least 4 members (excludes halogenated alkanes) is 1. The molecule has 33 heavy (non-hydrogen) atoms. The maximum Gasteiger partial charge on any atom is 0.338 e. The van der Waals surface area contributed by atoms with Crippen LogP contribution in [0.5, 0.6) is 0 Å². The summed E-state index contributed by atoms with van der Waals surface area (Å²) in [5, 5.41) is 3.90. The highest BCUT2D eigenvalue weighted by Gasteiger charge is 2.38. The van der Waals surface area contributed by atoms with E-state index in [1.54, 1.807) is 29.3 Å². The van der Waals surface area contributed by atoms with Gasteiger partial charge < -0.3 is 9.16 Å². The van der Waals surface area contributed by atoms with E-state index in [2.05, 4.69) is 52.9 Å². The Bertz CT molecular complexity index is 789. The molecule has 1 aromatic rings. The normalized spacial score (nSPS) is 16.5. The molecule has 1 aliphatic heterocycles. The predicted molar refractivity (Wildman–Crippen MR) is 135 cm³/mol. The lowest BCUT2D eigenvalue weighted by atomic mass is 10.1. The molecular weight excluding hydrogens is 432 g/mol. The summed E-state index contributed by atoms with van der Waals surface area (Å²) in [5.74, 6) is -0.297. The molecule has 1 amide bonds. The van der Waals surface area contributed by atoms with Gasteiger partial charge in [-0.3, -0.25) is 9.80 Å². The van der Waals surface area contributed by atoms with Crippen molar-refractivity contribution in [3.8, 4) is 0 Å². The number of esters is 1. The molecule has 1 heterocycles. The molecule has 2 rings (SSSR count). The third kappa shape index (κ3) is 8.39. The zero-order valence-corrected chi connectivity index (χ0v) is 22.3. The summed E-state index contributed by atoms with van der Waals surface area (Å²) in [6, 6.07) is 8.91. The fourth-order valence-electron chi connectivity index (χ4n) is 3.46. The topological polar surface area (TPSA) is 59.1 Å².